The van der Waals surface area contributed by atoms with E-state index in [-0.39, 0.29) is 17.1 Å². The first-order valence-corrected chi connectivity index (χ1v) is 6.22. The number of carbonyl (C=O) groups is 1. The first kappa shape index (κ1) is 17.2. The van der Waals surface area contributed by atoms with Gasteiger partial charge in [-0.05, 0) is 32.9 Å². The topological polar surface area (TPSA) is 123 Å². The molecule has 9 nitrogen and oxygen atoms in total. The fourth-order valence-electron chi connectivity index (χ4n) is 1.52. The van der Waals surface area contributed by atoms with Gasteiger partial charge in [-0.3, -0.25) is 10.1 Å². The summed E-state index contributed by atoms with van der Waals surface area (Å²) in [5, 5.41) is 24.2. The van der Waals surface area contributed by atoms with E-state index in [4.69, 9.17) is 9.47 Å². The van der Waals surface area contributed by atoms with Gasteiger partial charge >= 0.3 is 11.8 Å². The number of amides is 1. The minimum atomic E-state index is -0.794. The molecule has 9 heteroatoms. The van der Waals surface area contributed by atoms with E-state index >= 15 is 0 Å². The number of aromatic hydroxyl groups is 1. The third-order valence-corrected chi connectivity index (χ3v) is 2.29. The number of nitro groups is 1. The Hall–Kier alpha value is -2.84. The zero-order valence-corrected chi connectivity index (χ0v) is 12.6. The lowest BCUT2D eigenvalue weighted by atomic mass is 10.1. The molecule has 1 aromatic rings. The van der Waals surface area contributed by atoms with Gasteiger partial charge in [-0.2, -0.15) is 5.10 Å². The average Bonchev–Trinajstić information content (AvgIpc) is 2.37. The summed E-state index contributed by atoms with van der Waals surface area (Å²) in [5.74, 6) is -0.655. The number of hydrogen-bond acceptors (Lipinski definition) is 7. The zero-order chi connectivity index (χ0) is 16.9. The van der Waals surface area contributed by atoms with Crippen LogP contribution in [-0.4, -0.2) is 35.0 Å². The van der Waals surface area contributed by atoms with Gasteiger partial charge in [0.25, 0.3) is 0 Å². The summed E-state index contributed by atoms with van der Waals surface area (Å²) in [4.78, 5) is 21.8. The molecule has 1 amide bonds. The molecular weight excluding hydrogens is 294 g/mol. The van der Waals surface area contributed by atoms with Gasteiger partial charge in [0.15, 0.2) is 5.75 Å². The average molecular weight is 311 g/mol. The first-order chi connectivity index (χ1) is 10.2. The van der Waals surface area contributed by atoms with Crippen molar-refractivity contribution < 1.29 is 24.3 Å². The molecule has 0 saturated heterocycles. The van der Waals surface area contributed by atoms with Crippen LogP contribution in [0.2, 0.25) is 0 Å². The summed E-state index contributed by atoms with van der Waals surface area (Å²) in [6.45, 7) is 5.06. The van der Waals surface area contributed by atoms with Crippen LogP contribution in [0, 0.1) is 10.1 Å². The third-order valence-electron chi connectivity index (χ3n) is 2.29. The van der Waals surface area contributed by atoms with Gasteiger partial charge in [0, 0.05) is 0 Å². The highest BCUT2D eigenvalue weighted by Gasteiger charge is 2.23. The molecule has 0 spiro atoms. The number of phenolic OH excluding ortho intramolecular Hbond substituents is 1. The fraction of sp³-hybridized carbons (Fsp3) is 0.385. The van der Waals surface area contributed by atoms with Crippen molar-refractivity contribution >= 4 is 18.0 Å². The highest BCUT2D eigenvalue weighted by molar-refractivity contribution is 5.88. The van der Waals surface area contributed by atoms with Crippen LogP contribution in [0.1, 0.15) is 26.3 Å². The van der Waals surface area contributed by atoms with Gasteiger partial charge in [0.05, 0.1) is 23.8 Å². The predicted octanol–water partition coefficient (Wildman–Crippen LogP) is 2.17. The monoisotopic (exact) mass is 311 g/mol. The molecule has 0 aliphatic heterocycles. The molecule has 0 atom stereocenters. The van der Waals surface area contributed by atoms with Gasteiger partial charge in [0.2, 0.25) is 5.75 Å². The second-order valence-corrected chi connectivity index (χ2v) is 5.18. The summed E-state index contributed by atoms with van der Waals surface area (Å²) in [7, 11) is 1.20. The number of nitrogens with zero attached hydrogens (tertiary/aromatic N) is 2. The number of nitrogens with one attached hydrogen (secondary N) is 1. The van der Waals surface area contributed by atoms with Crippen molar-refractivity contribution in [3.05, 3.63) is 27.8 Å². The van der Waals surface area contributed by atoms with Crippen LogP contribution in [0.3, 0.4) is 0 Å². The molecule has 0 fully saturated rings. The number of hydrogen-bond donors (Lipinski definition) is 2. The second-order valence-electron chi connectivity index (χ2n) is 5.18. The van der Waals surface area contributed by atoms with Crippen molar-refractivity contribution in [2.75, 3.05) is 7.11 Å². The first-order valence-electron chi connectivity index (χ1n) is 6.22. The number of ether oxygens (including phenoxy) is 2. The van der Waals surface area contributed by atoms with Crippen LogP contribution in [0.4, 0.5) is 10.5 Å². The van der Waals surface area contributed by atoms with E-state index in [9.17, 15) is 20.0 Å². The Kier molecular flexibility index (Phi) is 5.28. The van der Waals surface area contributed by atoms with Crippen molar-refractivity contribution in [1.82, 2.24) is 5.43 Å². The molecule has 0 aliphatic rings. The van der Waals surface area contributed by atoms with E-state index in [1.807, 2.05) is 0 Å². The number of hydrazone groups is 1. The number of rotatable bonds is 4. The Labute approximate surface area is 126 Å². The van der Waals surface area contributed by atoms with E-state index in [2.05, 4.69) is 10.5 Å². The van der Waals surface area contributed by atoms with Gasteiger partial charge in [-0.15, -0.1) is 0 Å². The molecule has 0 heterocycles. The lowest BCUT2D eigenvalue weighted by molar-refractivity contribution is -0.386. The van der Waals surface area contributed by atoms with Crippen molar-refractivity contribution in [3.8, 4) is 11.5 Å². The largest absolute Gasteiger partial charge is 0.504 e. The summed E-state index contributed by atoms with van der Waals surface area (Å²) in [5.41, 5.74) is 0.992. The number of benzene rings is 1. The van der Waals surface area contributed by atoms with E-state index in [0.29, 0.717) is 0 Å². The molecule has 1 rings (SSSR count). The molecule has 120 valence electrons. The Morgan fingerprint density at radius 3 is 2.59 bits per heavy atom. The maximum atomic E-state index is 11.4. The summed E-state index contributed by atoms with van der Waals surface area (Å²) >= 11 is 0. The molecule has 0 aromatic heterocycles. The Morgan fingerprint density at radius 2 is 2.09 bits per heavy atom. The highest BCUT2D eigenvalue weighted by Crippen LogP contribution is 2.37. The van der Waals surface area contributed by atoms with Crippen LogP contribution >= 0.6 is 0 Å². The Morgan fingerprint density at radius 1 is 1.45 bits per heavy atom. The van der Waals surface area contributed by atoms with Gasteiger partial charge in [-0.25, -0.2) is 10.2 Å². The molecular formula is C13H17N3O6. The minimum Gasteiger partial charge on any atom is -0.504 e. The zero-order valence-electron chi connectivity index (χ0n) is 12.6. The standard InChI is InChI=1S/C13H17N3O6/c1-13(2,3)22-12(18)15-14-7-8-5-6-9(17)11(21-4)10(8)16(19)20/h5-7,17H,1-4H3,(H,15,18)/b14-7-. The van der Waals surface area contributed by atoms with E-state index in [1.54, 1.807) is 20.8 Å². The summed E-state index contributed by atoms with van der Waals surface area (Å²) < 4.78 is 9.76. The molecule has 2 N–H and O–H groups in total. The molecule has 0 bridgehead atoms. The van der Waals surface area contributed by atoms with Crippen molar-refractivity contribution in [3.63, 3.8) is 0 Å². The number of methoxy groups -OCH3 is 1. The predicted molar refractivity (Wildman–Crippen MR) is 78.3 cm³/mol. The molecule has 22 heavy (non-hydrogen) atoms. The van der Waals surface area contributed by atoms with E-state index < -0.39 is 22.3 Å². The van der Waals surface area contributed by atoms with Crippen LogP contribution in [0.25, 0.3) is 0 Å². The third kappa shape index (κ3) is 4.62. The van der Waals surface area contributed by atoms with Gasteiger partial charge < -0.3 is 14.6 Å². The SMILES string of the molecule is COc1c(O)ccc(/C=N\NC(=O)OC(C)(C)C)c1[N+](=O)[O-]. The van der Waals surface area contributed by atoms with E-state index in [1.165, 1.54) is 19.2 Å². The molecule has 0 radical (unpaired) electrons. The Bertz CT molecular complexity index is 607. The lowest BCUT2D eigenvalue weighted by Crippen LogP contribution is -2.29. The van der Waals surface area contributed by atoms with Crippen LogP contribution in [0.15, 0.2) is 17.2 Å². The van der Waals surface area contributed by atoms with E-state index in [0.717, 1.165) is 6.21 Å². The Balaban J connectivity index is 2.97. The second kappa shape index (κ2) is 6.74. The number of nitro benzene ring substituents is 1. The summed E-state index contributed by atoms with van der Waals surface area (Å²) in [6.07, 6.45) is 0.265. The van der Waals surface area contributed by atoms with Crippen molar-refractivity contribution in [2.24, 2.45) is 5.10 Å². The molecule has 1 aromatic carbocycles. The maximum Gasteiger partial charge on any atom is 0.428 e. The van der Waals surface area contributed by atoms with Crippen molar-refractivity contribution in [2.45, 2.75) is 26.4 Å². The van der Waals surface area contributed by atoms with Crippen LogP contribution in [-0.2, 0) is 4.74 Å². The fourth-order valence-corrected chi connectivity index (χ4v) is 1.52. The molecule has 0 saturated carbocycles. The summed E-state index contributed by atoms with van der Waals surface area (Å²) in [6, 6.07) is 2.50. The minimum absolute atomic E-state index is 0.0516. The molecule has 0 unspecified atom stereocenters. The maximum absolute atomic E-state index is 11.4. The normalized spacial score (nSPS) is 11.3. The van der Waals surface area contributed by atoms with Gasteiger partial charge in [0.1, 0.15) is 5.60 Å². The molecule has 0 aliphatic carbocycles. The van der Waals surface area contributed by atoms with Crippen LogP contribution in [0.5, 0.6) is 11.5 Å². The van der Waals surface area contributed by atoms with Crippen molar-refractivity contribution in [1.29, 1.82) is 0 Å². The quantitative estimate of drug-likeness (QED) is 0.499. The lowest BCUT2D eigenvalue weighted by Gasteiger charge is -2.18. The van der Waals surface area contributed by atoms with Crippen LogP contribution < -0.4 is 10.2 Å². The number of carbonyl (C=O) groups excluding carboxylic acids is 1. The number of phenols is 1. The highest BCUT2D eigenvalue weighted by atomic mass is 16.6. The smallest absolute Gasteiger partial charge is 0.428 e. The van der Waals surface area contributed by atoms with Gasteiger partial charge in [-0.1, -0.05) is 0 Å².